The minimum Gasteiger partial charge on any atom is -0.339 e. The number of amides is 1. The SMILES string of the molecule is Cc1ccc(S(=O)(=O)Nc2ccc(C(=O)N3CCCC3)cc2)s1. The second kappa shape index (κ2) is 6.33. The fourth-order valence-electron chi connectivity index (χ4n) is 2.55. The quantitative estimate of drug-likeness (QED) is 0.921. The van der Waals surface area contributed by atoms with E-state index >= 15 is 0 Å². The molecule has 1 amide bonds. The van der Waals surface area contributed by atoms with Gasteiger partial charge in [0.15, 0.2) is 0 Å². The van der Waals surface area contributed by atoms with Gasteiger partial charge in [-0.15, -0.1) is 11.3 Å². The van der Waals surface area contributed by atoms with Crippen LogP contribution in [-0.2, 0) is 10.0 Å². The van der Waals surface area contributed by atoms with Crippen LogP contribution in [0.25, 0.3) is 0 Å². The van der Waals surface area contributed by atoms with E-state index in [-0.39, 0.29) is 10.1 Å². The molecule has 23 heavy (non-hydrogen) atoms. The zero-order valence-electron chi connectivity index (χ0n) is 12.8. The Morgan fingerprint density at radius 3 is 2.30 bits per heavy atom. The van der Waals surface area contributed by atoms with Gasteiger partial charge in [0.25, 0.3) is 15.9 Å². The van der Waals surface area contributed by atoms with Crippen molar-refractivity contribution in [3.63, 3.8) is 0 Å². The Balaban J connectivity index is 1.73. The maximum Gasteiger partial charge on any atom is 0.271 e. The molecule has 1 saturated heterocycles. The second-order valence-corrected chi connectivity index (χ2v) is 8.74. The van der Waals surface area contributed by atoms with Crippen molar-refractivity contribution in [2.24, 2.45) is 0 Å². The van der Waals surface area contributed by atoms with Gasteiger partial charge < -0.3 is 4.90 Å². The highest BCUT2D eigenvalue weighted by atomic mass is 32.2. The fraction of sp³-hybridized carbons (Fsp3) is 0.312. The molecule has 3 rings (SSSR count). The molecule has 1 fully saturated rings. The second-order valence-electron chi connectivity index (χ2n) is 5.55. The van der Waals surface area contributed by atoms with Crippen LogP contribution in [-0.4, -0.2) is 32.3 Å². The Morgan fingerprint density at radius 2 is 1.74 bits per heavy atom. The van der Waals surface area contributed by atoms with Gasteiger partial charge in [0, 0.05) is 29.2 Å². The third-order valence-corrected chi connectivity index (χ3v) is 6.63. The van der Waals surface area contributed by atoms with Crippen LogP contribution in [0.2, 0.25) is 0 Å². The lowest BCUT2D eigenvalue weighted by Crippen LogP contribution is -2.27. The van der Waals surface area contributed by atoms with E-state index in [1.165, 1.54) is 11.3 Å². The summed E-state index contributed by atoms with van der Waals surface area (Å²) in [6.45, 7) is 3.46. The molecule has 1 aliphatic heterocycles. The maximum absolute atomic E-state index is 12.3. The summed E-state index contributed by atoms with van der Waals surface area (Å²) in [6.07, 6.45) is 2.09. The lowest BCUT2D eigenvalue weighted by atomic mass is 10.2. The summed E-state index contributed by atoms with van der Waals surface area (Å²) in [7, 11) is -3.57. The smallest absolute Gasteiger partial charge is 0.271 e. The van der Waals surface area contributed by atoms with Crippen molar-refractivity contribution in [2.45, 2.75) is 24.0 Å². The lowest BCUT2D eigenvalue weighted by molar-refractivity contribution is 0.0793. The van der Waals surface area contributed by atoms with Crippen LogP contribution in [0.1, 0.15) is 28.1 Å². The number of sulfonamides is 1. The van der Waals surface area contributed by atoms with Crippen molar-refractivity contribution < 1.29 is 13.2 Å². The van der Waals surface area contributed by atoms with E-state index in [0.717, 1.165) is 30.8 Å². The van der Waals surface area contributed by atoms with Crippen LogP contribution in [0.3, 0.4) is 0 Å². The van der Waals surface area contributed by atoms with Crippen LogP contribution in [0.15, 0.2) is 40.6 Å². The van der Waals surface area contributed by atoms with Crippen molar-refractivity contribution in [2.75, 3.05) is 17.8 Å². The van der Waals surface area contributed by atoms with E-state index in [4.69, 9.17) is 0 Å². The molecule has 1 aromatic heterocycles. The van der Waals surface area contributed by atoms with Crippen molar-refractivity contribution in [1.29, 1.82) is 0 Å². The van der Waals surface area contributed by atoms with E-state index in [9.17, 15) is 13.2 Å². The van der Waals surface area contributed by atoms with Gasteiger partial charge in [-0.05, 0) is 56.2 Å². The van der Waals surface area contributed by atoms with E-state index < -0.39 is 10.0 Å². The van der Waals surface area contributed by atoms with Gasteiger partial charge >= 0.3 is 0 Å². The van der Waals surface area contributed by atoms with E-state index in [2.05, 4.69) is 4.72 Å². The number of rotatable bonds is 4. The fourth-order valence-corrected chi connectivity index (χ4v) is 4.89. The molecule has 0 atom stereocenters. The number of anilines is 1. The molecule has 2 aromatic rings. The Hall–Kier alpha value is -1.86. The van der Waals surface area contributed by atoms with Gasteiger partial charge in [-0.3, -0.25) is 9.52 Å². The molecule has 7 heteroatoms. The zero-order valence-corrected chi connectivity index (χ0v) is 14.4. The average Bonchev–Trinajstić information content (AvgIpc) is 3.18. The first-order valence-corrected chi connectivity index (χ1v) is 9.74. The van der Waals surface area contributed by atoms with Gasteiger partial charge in [0.2, 0.25) is 0 Å². The maximum atomic E-state index is 12.3. The highest BCUT2D eigenvalue weighted by molar-refractivity contribution is 7.94. The Kier molecular flexibility index (Phi) is 4.41. The summed E-state index contributed by atoms with van der Waals surface area (Å²) >= 11 is 1.23. The molecule has 122 valence electrons. The molecule has 0 radical (unpaired) electrons. The standard InChI is InChI=1S/C16H18N2O3S2/c1-12-4-9-15(22-12)23(20,21)17-14-7-5-13(6-8-14)16(19)18-10-2-3-11-18/h4-9,17H,2-3,10-11H2,1H3. The number of carbonyl (C=O) groups excluding carboxylic acids is 1. The third-order valence-electron chi connectivity index (χ3n) is 3.76. The van der Waals surface area contributed by atoms with Gasteiger partial charge in [-0.1, -0.05) is 0 Å². The van der Waals surface area contributed by atoms with E-state index in [0.29, 0.717) is 11.3 Å². The van der Waals surface area contributed by atoms with Crippen molar-refractivity contribution in [1.82, 2.24) is 4.90 Å². The third kappa shape index (κ3) is 3.56. The molecule has 0 aliphatic carbocycles. The topological polar surface area (TPSA) is 66.5 Å². The summed E-state index contributed by atoms with van der Waals surface area (Å²) in [4.78, 5) is 15.0. The number of nitrogens with zero attached hydrogens (tertiary/aromatic N) is 1. The summed E-state index contributed by atoms with van der Waals surface area (Å²) in [6, 6.07) is 9.95. The molecule has 0 unspecified atom stereocenters. The minimum absolute atomic E-state index is 0.00536. The Bertz CT molecular complexity index is 804. The molecule has 0 saturated carbocycles. The molecular weight excluding hydrogens is 332 g/mol. The molecule has 2 heterocycles. The predicted octanol–water partition coefficient (Wildman–Crippen LogP) is 3.09. The number of aryl methyl sites for hydroxylation is 1. The minimum atomic E-state index is -3.57. The number of hydrogen-bond acceptors (Lipinski definition) is 4. The summed E-state index contributed by atoms with van der Waals surface area (Å²) in [5, 5.41) is 0. The highest BCUT2D eigenvalue weighted by Gasteiger charge is 2.20. The van der Waals surface area contributed by atoms with Gasteiger partial charge in [-0.2, -0.15) is 0 Å². The lowest BCUT2D eigenvalue weighted by Gasteiger charge is -2.15. The van der Waals surface area contributed by atoms with Crippen LogP contribution in [0, 0.1) is 6.92 Å². The monoisotopic (exact) mass is 350 g/mol. The molecule has 1 aromatic carbocycles. The molecular formula is C16H18N2O3S2. The first kappa shape index (κ1) is 16.0. The van der Waals surface area contributed by atoms with Crippen LogP contribution in [0.4, 0.5) is 5.69 Å². The number of hydrogen-bond donors (Lipinski definition) is 1. The van der Waals surface area contributed by atoms with Crippen molar-refractivity contribution in [3.05, 3.63) is 46.8 Å². The number of carbonyl (C=O) groups is 1. The molecule has 0 bridgehead atoms. The summed E-state index contributed by atoms with van der Waals surface area (Å²) in [5.74, 6) is 0.00536. The van der Waals surface area contributed by atoms with Crippen LogP contribution in [0.5, 0.6) is 0 Å². The zero-order chi connectivity index (χ0) is 16.4. The molecule has 0 spiro atoms. The molecule has 1 aliphatic rings. The Labute approximate surface area is 140 Å². The largest absolute Gasteiger partial charge is 0.339 e. The number of benzene rings is 1. The predicted molar refractivity (Wildman–Crippen MR) is 91.4 cm³/mol. The first-order chi connectivity index (χ1) is 11.0. The van der Waals surface area contributed by atoms with Crippen LogP contribution >= 0.6 is 11.3 Å². The number of likely N-dealkylation sites (tertiary alicyclic amines) is 1. The summed E-state index contributed by atoms with van der Waals surface area (Å²) < 4.78 is 27.4. The Morgan fingerprint density at radius 1 is 1.09 bits per heavy atom. The van der Waals surface area contributed by atoms with Crippen molar-refractivity contribution in [3.8, 4) is 0 Å². The molecule has 5 nitrogen and oxygen atoms in total. The van der Waals surface area contributed by atoms with Crippen molar-refractivity contribution >= 4 is 33.0 Å². The normalized spacial score (nSPS) is 14.9. The number of thiophene rings is 1. The van der Waals surface area contributed by atoms with Gasteiger partial charge in [-0.25, -0.2) is 8.42 Å². The van der Waals surface area contributed by atoms with Gasteiger partial charge in [0.05, 0.1) is 0 Å². The van der Waals surface area contributed by atoms with Crippen LogP contribution < -0.4 is 4.72 Å². The van der Waals surface area contributed by atoms with Gasteiger partial charge in [0.1, 0.15) is 4.21 Å². The first-order valence-electron chi connectivity index (χ1n) is 7.44. The summed E-state index contributed by atoms with van der Waals surface area (Å²) in [5.41, 5.74) is 1.04. The average molecular weight is 350 g/mol. The van der Waals surface area contributed by atoms with E-state index in [1.54, 1.807) is 36.4 Å². The van der Waals surface area contributed by atoms with E-state index in [1.807, 2.05) is 11.8 Å². The molecule has 1 N–H and O–H groups in total. The number of nitrogens with one attached hydrogen (secondary N) is 1. The highest BCUT2D eigenvalue weighted by Crippen LogP contribution is 2.24.